The van der Waals surface area contributed by atoms with Gasteiger partial charge in [-0.2, -0.15) is 4.98 Å². The molecular formula is C18H29N5O2. The minimum atomic E-state index is -0.222. The van der Waals surface area contributed by atoms with Crippen LogP contribution >= 0.6 is 0 Å². The lowest BCUT2D eigenvalue weighted by Crippen LogP contribution is -2.49. The molecule has 0 unspecified atom stereocenters. The number of carbonyl (C=O) groups excluding carboxylic acids is 1. The first-order chi connectivity index (χ1) is 12.3. The summed E-state index contributed by atoms with van der Waals surface area (Å²) in [5.41, 5.74) is 0. The maximum Gasteiger partial charge on any atom is 0.409 e. The van der Waals surface area contributed by atoms with Crippen LogP contribution in [0.15, 0.2) is 12.3 Å². The first-order valence-electron chi connectivity index (χ1n) is 9.52. The molecule has 0 spiro atoms. The van der Waals surface area contributed by atoms with Crippen LogP contribution in [-0.4, -0.2) is 59.8 Å². The van der Waals surface area contributed by atoms with E-state index < -0.39 is 0 Å². The van der Waals surface area contributed by atoms with E-state index in [-0.39, 0.29) is 6.09 Å². The van der Waals surface area contributed by atoms with Crippen LogP contribution in [0.5, 0.6) is 0 Å². The smallest absolute Gasteiger partial charge is 0.409 e. The molecule has 2 heterocycles. The highest BCUT2D eigenvalue weighted by Gasteiger charge is 2.23. The molecule has 0 radical (unpaired) electrons. The number of nitrogens with one attached hydrogen (secondary N) is 1. The molecule has 2 fully saturated rings. The molecule has 25 heavy (non-hydrogen) atoms. The normalized spacial score (nSPS) is 19.4. The van der Waals surface area contributed by atoms with Crippen molar-refractivity contribution in [2.75, 3.05) is 43.0 Å². The van der Waals surface area contributed by atoms with Gasteiger partial charge in [0.2, 0.25) is 5.95 Å². The summed E-state index contributed by atoms with van der Waals surface area (Å²) in [5.74, 6) is 1.65. The molecular weight excluding hydrogens is 318 g/mol. The first kappa shape index (κ1) is 17.8. The van der Waals surface area contributed by atoms with E-state index in [2.05, 4.69) is 15.2 Å². The standard InChI is InChI=1S/C18H29N5O2/c1-2-25-18(24)23-13-11-22(12-14-23)16-9-10-19-17(21-16)20-15-7-5-3-4-6-8-15/h9-10,15H,2-8,11-14H2,1H3,(H,19,20,21). The van der Waals surface area contributed by atoms with E-state index >= 15 is 0 Å². The Bertz CT molecular complexity index is 552. The molecule has 1 aromatic rings. The zero-order valence-electron chi connectivity index (χ0n) is 15.1. The van der Waals surface area contributed by atoms with E-state index in [0.717, 1.165) is 24.9 Å². The predicted octanol–water partition coefficient (Wildman–Crippen LogP) is 2.89. The van der Waals surface area contributed by atoms with Gasteiger partial charge in [-0.05, 0) is 25.8 Å². The number of aromatic nitrogens is 2. The number of nitrogens with zero attached hydrogens (tertiary/aromatic N) is 4. The molecule has 138 valence electrons. The maximum atomic E-state index is 11.8. The van der Waals surface area contributed by atoms with E-state index in [1.54, 1.807) is 4.90 Å². The van der Waals surface area contributed by atoms with E-state index in [1.807, 2.05) is 19.2 Å². The average Bonchev–Trinajstić information content (AvgIpc) is 2.91. The van der Waals surface area contributed by atoms with Gasteiger partial charge in [0.25, 0.3) is 0 Å². The Labute approximate surface area is 149 Å². The lowest BCUT2D eigenvalue weighted by molar-refractivity contribution is 0.105. The summed E-state index contributed by atoms with van der Waals surface area (Å²) in [6.07, 6.45) is 9.24. The van der Waals surface area contributed by atoms with Crippen LogP contribution < -0.4 is 10.2 Å². The van der Waals surface area contributed by atoms with Gasteiger partial charge in [0.05, 0.1) is 6.61 Å². The van der Waals surface area contributed by atoms with Gasteiger partial charge in [0.15, 0.2) is 0 Å². The molecule has 1 amide bonds. The Hall–Kier alpha value is -2.05. The Balaban J connectivity index is 1.55. The highest BCUT2D eigenvalue weighted by Crippen LogP contribution is 2.21. The van der Waals surface area contributed by atoms with Crippen LogP contribution in [0.1, 0.15) is 45.4 Å². The molecule has 0 aromatic carbocycles. The van der Waals surface area contributed by atoms with Gasteiger partial charge in [-0.3, -0.25) is 0 Å². The summed E-state index contributed by atoms with van der Waals surface area (Å²) in [6, 6.07) is 2.43. The lowest BCUT2D eigenvalue weighted by atomic mass is 10.1. The van der Waals surface area contributed by atoms with Crippen LogP contribution in [0, 0.1) is 0 Å². The number of anilines is 2. The van der Waals surface area contributed by atoms with Crippen LogP contribution in [0.3, 0.4) is 0 Å². The van der Waals surface area contributed by atoms with Gasteiger partial charge in [0, 0.05) is 38.4 Å². The van der Waals surface area contributed by atoms with Crippen molar-refractivity contribution in [2.45, 2.75) is 51.5 Å². The quantitative estimate of drug-likeness (QED) is 0.845. The largest absolute Gasteiger partial charge is 0.450 e. The molecule has 1 N–H and O–H groups in total. The van der Waals surface area contributed by atoms with Gasteiger partial charge >= 0.3 is 6.09 Å². The van der Waals surface area contributed by atoms with Crippen molar-refractivity contribution in [3.8, 4) is 0 Å². The maximum absolute atomic E-state index is 11.8. The zero-order chi connectivity index (χ0) is 17.5. The molecule has 7 nitrogen and oxygen atoms in total. The number of amides is 1. The topological polar surface area (TPSA) is 70.6 Å². The highest BCUT2D eigenvalue weighted by molar-refractivity contribution is 5.68. The molecule has 1 aromatic heterocycles. The number of piperazine rings is 1. The summed E-state index contributed by atoms with van der Waals surface area (Å²) in [4.78, 5) is 24.8. The van der Waals surface area contributed by atoms with Crippen LogP contribution in [0.2, 0.25) is 0 Å². The summed E-state index contributed by atoms with van der Waals surface area (Å²) in [7, 11) is 0. The van der Waals surface area contributed by atoms with Crippen molar-refractivity contribution in [1.29, 1.82) is 0 Å². The summed E-state index contributed by atoms with van der Waals surface area (Å²) >= 11 is 0. The third-order valence-corrected chi connectivity index (χ3v) is 4.96. The van der Waals surface area contributed by atoms with Crippen molar-refractivity contribution in [3.63, 3.8) is 0 Å². The first-order valence-corrected chi connectivity index (χ1v) is 9.52. The fourth-order valence-corrected chi connectivity index (χ4v) is 3.53. The number of hydrogen-bond acceptors (Lipinski definition) is 6. The average molecular weight is 347 g/mol. The molecule has 1 saturated carbocycles. The molecule has 1 saturated heterocycles. The fraction of sp³-hybridized carbons (Fsp3) is 0.722. The van der Waals surface area contributed by atoms with Crippen molar-refractivity contribution in [1.82, 2.24) is 14.9 Å². The Morgan fingerprint density at radius 3 is 2.60 bits per heavy atom. The molecule has 0 bridgehead atoms. The van der Waals surface area contributed by atoms with Gasteiger partial charge < -0.3 is 19.9 Å². The molecule has 3 rings (SSSR count). The monoisotopic (exact) mass is 347 g/mol. The number of hydrogen-bond donors (Lipinski definition) is 1. The van der Waals surface area contributed by atoms with Crippen molar-refractivity contribution >= 4 is 17.9 Å². The second-order valence-corrected chi connectivity index (χ2v) is 6.74. The Morgan fingerprint density at radius 2 is 1.92 bits per heavy atom. The molecule has 1 aliphatic heterocycles. The highest BCUT2D eigenvalue weighted by atomic mass is 16.6. The van der Waals surface area contributed by atoms with Gasteiger partial charge in [-0.25, -0.2) is 9.78 Å². The molecule has 7 heteroatoms. The number of ether oxygens (including phenoxy) is 1. The predicted molar refractivity (Wildman–Crippen MR) is 98.0 cm³/mol. The Morgan fingerprint density at radius 1 is 1.20 bits per heavy atom. The third-order valence-electron chi connectivity index (χ3n) is 4.96. The molecule has 0 atom stereocenters. The SMILES string of the molecule is CCOC(=O)N1CCN(c2ccnc(NC3CCCCCC3)n2)CC1. The minimum Gasteiger partial charge on any atom is -0.450 e. The van der Waals surface area contributed by atoms with E-state index in [1.165, 1.54) is 38.5 Å². The van der Waals surface area contributed by atoms with Gasteiger partial charge in [-0.15, -0.1) is 0 Å². The van der Waals surface area contributed by atoms with E-state index in [0.29, 0.717) is 25.7 Å². The molecule has 2 aliphatic rings. The zero-order valence-corrected chi connectivity index (χ0v) is 15.1. The van der Waals surface area contributed by atoms with Gasteiger partial charge in [0.1, 0.15) is 5.82 Å². The number of carbonyl (C=O) groups is 1. The van der Waals surface area contributed by atoms with Crippen molar-refractivity contribution in [3.05, 3.63) is 12.3 Å². The van der Waals surface area contributed by atoms with Gasteiger partial charge in [-0.1, -0.05) is 25.7 Å². The van der Waals surface area contributed by atoms with Crippen LogP contribution in [-0.2, 0) is 4.74 Å². The van der Waals surface area contributed by atoms with Crippen molar-refractivity contribution in [2.24, 2.45) is 0 Å². The minimum absolute atomic E-state index is 0.222. The summed E-state index contributed by atoms with van der Waals surface area (Å²) in [6.45, 7) is 5.10. The summed E-state index contributed by atoms with van der Waals surface area (Å²) < 4.78 is 5.07. The summed E-state index contributed by atoms with van der Waals surface area (Å²) in [5, 5.41) is 3.51. The second kappa shape index (κ2) is 8.87. The van der Waals surface area contributed by atoms with E-state index in [9.17, 15) is 4.79 Å². The Kier molecular flexibility index (Phi) is 6.30. The van der Waals surface area contributed by atoms with Crippen molar-refractivity contribution < 1.29 is 9.53 Å². The molecule has 1 aliphatic carbocycles. The lowest BCUT2D eigenvalue weighted by Gasteiger charge is -2.34. The van der Waals surface area contributed by atoms with E-state index in [4.69, 9.17) is 9.72 Å². The van der Waals surface area contributed by atoms with Crippen LogP contribution in [0.4, 0.5) is 16.6 Å². The van der Waals surface area contributed by atoms with Crippen LogP contribution in [0.25, 0.3) is 0 Å². The second-order valence-electron chi connectivity index (χ2n) is 6.74. The third kappa shape index (κ3) is 4.96. The fourth-order valence-electron chi connectivity index (χ4n) is 3.53. The number of rotatable bonds is 4.